The van der Waals surface area contributed by atoms with Crippen molar-refractivity contribution in [2.45, 2.75) is 6.54 Å². The fourth-order valence-corrected chi connectivity index (χ4v) is 2.61. The SMILES string of the molecule is O=Cc1cn(CC(=O)Nc2cccc(Cl)c2)c2ccccc12. The molecule has 0 bridgehead atoms. The Bertz CT molecular complexity index is 855. The monoisotopic (exact) mass is 312 g/mol. The molecular weight excluding hydrogens is 300 g/mol. The number of hydrogen-bond donors (Lipinski definition) is 1. The van der Waals surface area contributed by atoms with Crippen LogP contribution in [-0.2, 0) is 11.3 Å². The van der Waals surface area contributed by atoms with Crippen molar-refractivity contribution in [3.05, 3.63) is 65.3 Å². The van der Waals surface area contributed by atoms with Gasteiger partial charge < -0.3 is 9.88 Å². The number of fused-ring (bicyclic) bond motifs is 1. The van der Waals surface area contributed by atoms with Crippen LogP contribution in [0.2, 0.25) is 5.02 Å². The minimum absolute atomic E-state index is 0.126. The lowest BCUT2D eigenvalue weighted by Crippen LogP contribution is -2.18. The lowest BCUT2D eigenvalue weighted by molar-refractivity contribution is -0.116. The van der Waals surface area contributed by atoms with Gasteiger partial charge in [-0.2, -0.15) is 0 Å². The molecule has 0 radical (unpaired) electrons. The van der Waals surface area contributed by atoms with Crippen LogP contribution < -0.4 is 5.32 Å². The Morgan fingerprint density at radius 1 is 1.18 bits per heavy atom. The first-order chi connectivity index (χ1) is 10.7. The van der Waals surface area contributed by atoms with Gasteiger partial charge in [-0.05, 0) is 24.3 Å². The molecule has 0 saturated carbocycles. The molecule has 3 aromatic rings. The number of rotatable bonds is 4. The first-order valence-corrected chi connectivity index (χ1v) is 7.13. The first kappa shape index (κ1) is 14.4. The number of anilines is 1. The molecule has 3 rings (SSSR count). The minimum atomic E-state index is -0.180. The number of nitrogens with one attached hydrogen (secondary N) is 1. The Kier molecular flexibility index (Phi) is 3.94. The number of para-hydroxylation sites is 1. The van der Waals surface area contributed by atoms with Gasteiger partial charge in [0.2, 0.25) is 5.91 Å². The Balaban J connectivity index is 1.84. The van der Waals surface area contributed by atoms with Crippen molar-refractivity contribution in [2.75, 3.05) is 5.32 Å². The molecule has 4 nitrogen and oxygen atoms in total. The molecule has 0 atom stereocenters. The Labute approximate surface area is 132 Å². The van der Waals surface area contributed by atoms with E-state index in [-0.39, 0.29) is 12.5 Å². The molecule has 1 heterocycles. The van der Waals surface area contributed by atoms with Crippen LogP contribution >= 0.6 is 11.6 Å². The number of halogens is 1. The van der Waals surface area contributed by atoms with Gasteiger partial charge in [-0.15, -0.1) is 0 Å². The summed E-state index contributed by atoms with van der Waals surface area (Å²) in [6.45, 7) is 0.126. The quantitative estimate of drug-likeness (QED) is 0.746. The first-order valence-electron chi connectivity index (χ1n) is 6.76. The van der Waals surface area contributed by atoms with Gasteiger partial charge >= 0.3 is 0 Å². The fraction of sp³-hybridized carbons (Fsp3) is 0.0588. The van der Waals surface area contributed by atoms with E-state index in [0.29, 0.717) is 16.3 Å². The van der Waals surface area contributed by atoms with E-state index in [2.05, 4.69) is 5.32 Å². The molecule has 0 unspecified atom stereocenters. The molecule has 1 amide bonds. The third-order valence-electron chi connectivity index (χ3n) is 3.37. The Hall–Kier alpha value is -2.59. The number of amides is 1. The maximum Gasteiger partial charge on any atom is 0.244 e. The van der Waals surface area contributed by atoms with Gasteiger partial charge in [0.05, 0.1) is 0 Å². The van der Waals surface area contributed by atoms with E-state index < -0.39 is 0 Å². The zero-order chi connectivity index (χ0) is 15.5. The molecule has 0 fully saturated rings. The number of benzene rings is 2. The molecular formula is C17H13ClN2O2. The van der Waals surface area contributed by atoms with Crippen molar-refractivity contribution in [2.24, 2.45) is 0 Å². The summed E-state index contributed by atoms with van der Waals surface area (Å²) in [5.41, 5.74) is 2.07. The number of aromatic nitrogens is 1. The van der Waals surface area contributed by atoms with Gasteiger partial charge in [0, 0.05) is 33.4 Å². The summed E-state index contributed by atoms with van der Waals surface area (Å²) in [4.78, 5) is 23.3. The molecule has 0 aliphatic carbocycles. The van der Waals surface area contributed by atoms with Crippen LogP contribution in [0.15, 0.2) is 54.7 Å². The van der Waals surface area contributed by atoms with Gasteiger partial charge in [-0.25, -0.2) is 0 Å². The Morgan fingerprint density at radius 3 is 2.77 bits per heavy atom. The number of aldehydes is 1. The van der Waals surface area contributed by atoms with Crippen LogP contribution in [0.4, 0.5) is 5.69 Å². The zero-order valence-electron chi connectivity index (χ0n) is 11.6. The smallest absolute Gasteiger partial charge is 0.244 e. The van der Waals surface area contributed by atoms with Gasteiger partial charge in [0.25, 0.3) is 0 Å². The van der Waals surface area contributed by atoms with E-state index in [1.807, 2.05) is 24.3 Å². The average Bonchev–Trinajstić information content (AvgIpc) is 2.85. The van der Waals surface area contributed by atoms with E-state index in [0.717, 1.165) is 17.2 Å². The maximum atomic E-state index is 12.2. The summed E-state index contributed by atoms with van der Waals surface area (Å²) in [5.74, 6) is -0.180. The lowest BCUT2D eigenvalue weighted by Gasteiger charge is -2.07. The lowest BCUT2D eigenvalue weighted by atomic mass is 10.2. The van der Waals surface area contributed by atoms with Crippen molar-refractivity contribution in [3.63, 3.8) is 0 Å². The molecule has 0 aliphatic heterocycles. The predicted octanol–water partition coefficient (Wildman–Crippen LogP) is 3.75. The highest BCUT2D eigenvalue weighted by atomic mass is 35.5. The average molecular weight is 313 g/mol. The van der Waals surface area contributed by atoms with Crippen LogP contribution in [0.25, 0.3) is 10.9 Å². The highest BCUT2D eigenvalue weighted by Crippen LogP contribution is 2.20. The summed E-state index contributed by atoms with van der Waals surface area (Å²) < 4.78 is 1.76. The van der Waals surface area contributed by atoms with Crippen LogP contribution in [0.1, 0.15) is 10.4 Å². The number of carbonyl (C=O) groups is 2. The number of nitrogens with zero attached hydrogens (tertiary/aromatic N) is 1. The molecule has 22 heavy (non-hydrogen) atoms. The summed E-state index contributed by atoms with van der Waals surface area (Å²) in [7, 11) is 0. The van der Waals surface area contributed by atoms with E-state index >= 15 is 0 Å². The highest BCUT2D eigenvalue weighted by molar-refractivity contribution is 6.30. The van der Waals surface area contributed by atoms with Crippen molar-refractivity contribution in [3.8, 4) is 0 Å². The number of carbonyl (C=O) groups excluding carboxylic acids is 2. The second kappa shape index (κ2) is 6.03. The zero-order valence-corrected chi connectivity index (χ0v) is 12.4. The molecule has 2 aromatic carbocycles. The van der Waals surface area contributed by atoms with Crippen molar-refractivity contribution in [1.29, 1.82) is 0 Å². The van der Waals surface area contributed by atoms with E-state index in [9.17, 15) is 9.59 Å². The molecule has 110 valence electrons. The third kappa shape index (κ3) is 2.87. The molecule has 0 saturated heterocycles. The highest BCUT2D eigenvalue weighted by Gasteiger charge is 2.10. The van der Waals surface area contributed by atoms with Gasteiger partial charge in [-0.1, -0.05) is 35.9 Å². The molecule has 1 N–H and O–H groups in total. The normalized spacial score (nSPS) is 10.6. The molecule has 0 aliphatic rings. The second-order valence-electron chi connectivity index (χ2n) is 4.91. The third-order valence-corrected chi connectivity index (χ3v) is 3.60. The summed E-state index contributed by atoms with van der Waals surface area (Å²) in [5, 5.41) is 4.19. The molecule has 0 spiro atoms. The van der Waals surface area contributed by atoms with Gasteiger partial charge in [-0.3, -0.25) is 9.59 Å². The van der Waals surface area contributed by atoms with E-state index in [1.54, 1.807) is 35.0 Å². The fourth-order valence-electron chi connectivity index (χ4n) is 2.42. The van der Waals surface area contributed by atoms with Crippen LogP contribution in [0.3, 0.4) is 0 Å². The van der Waals surface area contributed by atoms with E-state index in [1.165, 1.54) is 0 Å². The summed E-state index contributed by atoms with van der Waals surface area (Å²) >= 11 is 5.89. The molecule has 5 heteroatoms. The summed E-state index contributed by atoms with van der Waals surface area (Å²) in [6, 6.07) is 14.5. The Morgan fingerprint density at radius 2 is 2.00 bits per heavy atom. The van der Waals surface area contributed by atoms with Gasteiger partial charge in [0.15, 0.2) is 6.29 Å². The largest absolute Gasteiger partial charge is 0.337 e. The maximum absolute atomic E-state index is 12.2. The predicted molar refractivity (Wildman–Crippen MR) is 87.4 cm³/mol. The number of hydrogen-bond acceptors (Lipinski definition) is 2. The molecule has 1 aromatic heterocycles. The standard InChI is InChI=1S/C17H13ClN2O2/c18-13-4-3-5-14(8-13)19-17(22)10-20-9-12(11-21)15-6-1-2-7-16(15)20/h1-9,11H,10H2,(H,19,22). The van der Waals surface area contributed by atoms with Crippen LogP contribution in [0, 0.1) is 0 Å². The van der Waals surface area contributed by atoms with Crippen LogP contribution in [0.5, 0.6) is 0 Å². The van der Waals surface area contributed by atoms with Gasteiger partial charge in [0.1, 0.15) is 6.54 Å². The van der Waals surface area contributed by atoms with Crippen molar-refractivity contribution < 1.29 is 9.59 Å². The topological polar surface area (TPSA) is 51.1 Å². The second-order valence-corrected chi connectivity index (χ2v) is 5.34. The minimum Gasteiger partial charge on any atom is -0.337 e. The van der Waals surface area contributed by atoms with Crippen molar-refractivity contribution in [1.82, 2.24) is 4.57 Å². The van der Waals surface area contributed by atoms with Crippen molar-refractivity contribution >= 4 is 40.4 Å². The van der Waals surface area contributed by atoms with Crippen LogP contribution in [-0.4, -0.2) is 16.8 Å². The van der Waals surface area contributed by atoms with E-state index in [4.69, 9.17) is 11.6 Å². The summed E-state index contributed by atoms with van der Waals surface area (Å²) in [6.07, 6.45) is 2.49.